The van der Waals surface area contributed by atoms with E-state index in [1.807, 2.05) is 0 Å². The van der Waals surface area contributed by atoms with Gasteiger partial charge in [0.25, 0.3) is 12.3 Å². The highest BCUT2D eigenvalue weighted by atomic mass is 19.3. The van der Waals surface area contributed by atoms with Crippen LogP contribution in [0.4, 0.5) is 14.5 Å². The molecule has 1 fully saturated rings. The number of carbonyl (C=O) groups excluding carboxylic acids is 1. The predicted molar refractivity (Wildman–Crippen MR) is 94.8 cm³/mol. The van der Waals surface area contributed by atoms with Gasteiger partial charge in [-0.2, -0.15) is 10.2 Å². The number of anilines is 1. The second kappa shape index (κ2) is 7.05. The Kier molecular flexibility index (Phi) is 4.59. The number of hydrogen-bond donors (Lipinski definition) is 1. The third-order valence-corrected chi connectivity index (χ3v) is 5.09. The SMILES string of the molecule is C[C@H]1CC[C@H](n2cc(NC(=O)c3cnc4cccnn34)c(C(F)F)n2)CC1. The Labute approximate surface area is 154 Å². The van der Waals surface area contributed by atoms with Crippen molar-refractivity contribution in [2.75, 3.05) is 5.32 Å². The van der Waals surface area contributed by atoms with Crippen LogP contribution in [0.25, 0.3) is 5.65 Å². The molecule has 142 valence electrons. The van der Waals surface area contributed by atoms with E-state index in [4.69, 9.17) is 0 Å². The highest BCUT2D eigenvalue weighted by Crippen LogP contribution is 2.34. The summed E-state index contributed by atoms with van der Waals surface area (Å²) in [5.41, 5.74) is 0.289. The molecule has 0 spiro atoms. The first-order valence-electron chi connectivity index (χ1n) is 9.00. The van der Waals surface area contributed by atoms with Crippen molar-refractivity contribution in [3.8, 4) is 0 Å². The van der Waals surface area contributed by atoms with Crippen molar-refractivity contribution in [2.45, 2.75) is 45.1 Å². The van der Waals surface area contributed by atoms with Crippen molar-refractivity contribution in [3.63, 3.8) is 0 Å². The maximum absolute atomic E-state index is 13.5. The van der Waals surface area contributed by atoms with Crippen molar-refractivity contribution >= 4 is 17.2 Å². The summed E-state index contributed by atoms with van der Waals surface area (Å²) in [5.74, 6) is 0.0908. The summed E-state index contributed by atoms with van der Waals surface area (Å²) in [6.07, 6.45) is 5.52. The summed E-state index contributed by atoms with van der Waals surface area (Å²) in [6, 6.07) is 3.49. The molecule has 0 unspecified atom stereocenters. The molecular weight excluding hydrogens is 354 g/mol. The summed E-state index contributed by atoms with van der Waals surface area (Å²) >= 11 is 0. The van der Waals surface area contributed by atoms with E-state index in [0.29, 0.717) is 11.6 Å². The maximum Gasteiger partial charge on any atom is 0.284 e. The standard InChI is InChI=1S/C18H20F2N6O/c1-11-4-6-12(7-5-11)25-10-13(16(24-25)17(19)20)23-18(27)14-9-21-15-3-2-8-22-26(14)15/h2-3,8-12,17H,4-7H2,1H3,(H,23,27)/t11-,12-. The molecule has 3 aromatic rings. The van der Waals surface area contributed by atoms with Gasteiger partial charge in [0.05, 0.1) is 17.9 Å². The number of fused-ring (bicyclic) bond motifs is 1. The van der Waals surface area contributed by atoms with Crippen LogP contribution < -0.4 is 5.32 Å². The van der Waals surface area contributed by atoms with E-state index in [1.165, 1.54) is 23.1 Å². The van der Waals surface area contributed by atoms with Gasteiger partial charge in [-0.15, -0.1) is 0 Å². The Balaban J connectivity index is 1.60. The van der Waals surface area contributed by atoms with Gasteiger partial charge in [-0.25, -0.2) is 18.3 Å². The number of alkyl halides is 2. The Morgan fingerprint density at radius 2 is 2.07 bits per heavy atom. The van der Waals surface area contributed by atoms with E-state index in [0.717, 1.165) is 25.7 Å². The van der Waals surface area contributed by atoms with Gasteiger partial charge in [-0.1, -0.05) is 6.92 Å². The minimum absolute atomic E-state index is 0.0273. The molecule has 0 bridgehead atoms. The molecule has 1 saturated carbocycles. The highest BCUT2D eigenvalue weighted by Gasteiger charge is 2.26. The number of rotatable bonds is 4. The lowest BCUT2D eigenvalue weighted by molar-refractivity contribution is 0.101. The molecule has 1 amide bonds. The highest BCUT2D eigenvalue weighted by molar-refractivity contribution is 6.03. The molecule has 9 heteroatoms. The Morgan fingerprint density at radius 3 is 2.81 bits per heavy atom. The largest absolute Gasteiger partial charge is 0.317 e. The number of aromatic nitrogens is 5. The molecule has 0 atom stereocenters. The fourth-order valence-electron chi connectivity index (χ4n) is 3.53. The van der Waals surface area contributed by atoms with E-state index in [-0.39, 0.29) is 17.4 Å². The van der Waals surface area contributed by atoms with Crippen molar-refractivity contribution < 1.29 is 13.6 Å². The smallest absolute Gasteiger partial charge is 0.284 e. The second-order valence-electron chi connectivity index (χ2n) is 7.01. The van der Waals surface area contributed by atoms with Crippen molar-refractivity contribution in [2.24, 2.45) is 5.92 Å². The van der Waals surface area contributed by atoms with Crippen molar-refractivity contribution in [3.05, 3.63) is 42.1 Å². The molecule has 7 nitrogen and oxygen atoms in total. The lowest BCUT2D eigenvalue weighted by Gasteiger charge is -2.26. The summed E-state index contributed by atoms with van der Waals surface area (Å²) < 4.78 is 29.9. The van der Waals surface area contributed by atoms with Crippen molar-refractivity contribution in [1.82, 2.24) is 24.4 Å². The van der Waals surface area contributed by atoms with Crippen LogP contribution in [0, 0.1) is 5.92 Å². The molecule has 1 N–H and O–H groups in total. The topological polar surface area (TPSA) is 77.1 Å². The first-order chi connectivity index (χ1) is 13.0. The fraction of sp³-hybridized carbons (Fsp3) is 0.444. The summed E-state index contributed by atoms with van der Waals surface area (Å²) in [6.45, 7) is 2.19. The molecule has 0 aromatic carbocycles. The third-order valence-electron chi connectivity index (χ3n) is 5.09. The molecule has 27 heavy (non-hydrogen) atoms. The molecule has 1 aliphatic carbocycles. The number of amides is 1. The number of imidazole rings is 1. The maximum atomic E-state index is 13.5. The normalized spacial score (nSPS) is 20.3. The Hall–Kier alpha value is -2.84. The number of carbonyl (C=O) groups is 1. The van der Waals surface area contributed by atoms with Gasteiger partial charge in [0.2, 0.25) is 0 Å². The van der Waals surface area contributed by atoms with Gasteiger partial charge in [0, 0.05) is 12.4 Å². The van der Waals surface area contributed by atoms with Crippen LogP contribution in [0.5, 0.6) is 0 Å². The van der Waals surface area contributed by atoms with E-state index >= 15 is 0 Å². The van der Waals surface area contributed by atoms with E-state index in [1.54, 1.807) is 16.8 Å². The molecule has 0 radical (unpaired) electrons. The molecule has 1 aliphatic rings. The van der Waals surface area contributed by atoms with Crippen LogP contribution >= 0.6 is 0 Å². The second-order valence-corrected chi connectivity index (χ2v) is 7.01. The Bertz CT molecular complexity index is 958. The number of halogens is 2. The van der Waals surface area contributed by atoms with Crippen LogP contribution in [0.2, 0.25) is 0 Å². The quantitative estimate of drug-likeness (QED) is 0.752. The average molecular weight is 374 g/mol. The van der Waals surface area contributed by atoms with Gasteiger partial charge in [-0.05, 0) is 43.7 Å². The van der Waals surface area contributed by atoms with Gasteiger partial charge in [0.15, 0.2) is 17.0 Å². The van der Waals surface area contributed by atoms with Crippen LogP contribution in [0.1, 0.15) is 61.3 Å². The third kappa shape index (κ3) is 3.41. The molecule has 3 aromatic heterocycles. The first-order valence-corrected chi connectivity index (χ1v) is 9.00. The lowest BCUT2D eigenvalue weighted by Crippen LogP contribution is -2.17. The van der Waals surface area contributed by atoms with Gasteiger partial charge >= 0.3 is 0 Å². The van der Waals surface area contributed by atoms with E-state index in [9.17, 15) is 13.6 Å². The van der Waals surface area contributed by atoms with E-state index in [2.05, 4.69) is 27.4 Å². The van der Waals surface area contributed by atoms with Gasteiger partial charge in [0.1, 0.15) is 0 Å². The summed E-state index contributed by atoms with van der Waals surface area (Å²) in [4.78, 5) is 16.7. The first kappa shape index (κ1) is 17.6. The minimum atomic E-state index is -2.77. The molecule has 3 heterocycles. The zero-order chi connectivity index (χ0) is 19.0. The van der Waals surface area contributed by atoms with Crippen LogP contribution in [0.3, 0.4) is 0 Å². The minimum Gasteiger partial charge on any atom is -0.317 e. The van der Waals surface area contributed by atoms with Gasteiger partial charge < -0.3 is 5.32 Å². The number of nitrogens with one attached hydrogen (secondary N) is 1. The fourth-order valence-corrected chi connectivity index (χ4v) is 3.53. The molecule has 0 aliphatic heterocycles. The molecule has 0 saturated heterocycles. The summed E-state index contributed by atoms with van der Waals surface area (Å²) in [5, 5.41) is 10.7. The van der Waals surface area contributed by atoms with E-state index < -0.39 is 18.0 Å². The van der Waals surface area contributed by atoms with Gasteiger partial charge in [-0.3, -0.25) is 9.48 Å². The van der Waals surface area contributed by atoms with Crippen LogP contribution in [-0.2, 0) is 0 Å². The summed E-state index contributed by atoms with van der Waals surface area (Å²) in [7, 11) is 0. The molecular formula is C18H20F2N6O. The van der Waals surface area contributed by atoms with Crippen LogP contribution in [0.15, 0.2) is 30.7 Å². The number of nitrogens with zero attached hydrogens (tertiary/aromatic N) is 5. The molecule has 4 rings (SSSR count). The van der Waals surface area contributed by atoms with Crippen molar-refractivity contribution in [1.29, 1.82) is 0 Å². The zero-order valence-corrected chi connectivity index (χ0v) is 14.8. The average Bonchev–Trinajstić information content (AvgIpc) is 3.26. The zero-order valence-electron chi connectivity index (χ0n) is 14.8. The van der Waals surface area contributed by atoms with Crippen LogP contribution in [-0.4, -0.2) is 30.3 Å². The number of hydrogen-bond acceptors (Lipinski definition) is 4. The lowest BCUT2D eigenvalue weighted by atomic mass is 9.87. The Morgan fingerprint density at radius 1 is 1.30 bits per heavy atom. The predicted octanol–water partition coefficient (Wildman–Crippen LogP) is 3.87. The monoisotopic (exact) mass is 374 g/mol.